The molecule has 3 rings (SSSR count). The first-order valence-electron chi connectivity index (χ1n) is 10.1. The van der Waals surface area contributed by atoms with Crippen LogP contribution in [0.4, 0.5) is 0 Å². The van der Waals surface area contributed by atoms with Crippen molar-refractivity contribution in [1.82, 2.24) is 14.9 Å². The molecule has 5 nitrogen and oxygen atoms in total. The molecule has 0 spiro atoms. The molecule has 2 amide bonds. The van der Waals surface area contributed by atoms with Gasteiger partial charge in [0, 0.05) is 24.7 Å². The number of hydrogen-bond donors (Lipinski definition) is 0. The van der Waals surface area contributed by atoms with Crippen LogP contribution in [0.15, 0.2) is 47.9 Å². The van der Waals surface area contributed by atoms with Crippen LogP contribution in [0.25, 0.3) is 0 Å². The lowest BCUT2D eigenvalue weighted by molar-refractivity contribution is 0.0651. The summed E-state index contributed by atoms with van der Waals surface area (Å²) in [7, 11) is 0. The van der Waals surface area contributed by atoms with Crippen LogP contribution in [0, 0.1) is 0 Å². The first kappa shape index (κ1) is 20.5. The Bertz CT molecular complexity index is 747. The van der Waals surface area contributed by atoms with Crippen molar-refractivity contribution in [3.8, 4) is 0 Å². The fourth-order valence-electron chi connectivity index (χ4n) is 3.40. The number of aromatic nitrogens is 2. The van der Waals surface area contributed by atoms with E-state index in [1.165, 1.54) is 37.0 Å². The van der Waals surface area contributed by atoms with Gasteiger partial charge in [-0.25, -0.2) is 9.97 Å². The van der Waals surface area contributed by atoms with E-state index in [2.05, 4.69) is 9.97 Å². The first-order valence-corrected chi connectivity index (χ1v) is 11.1. The van der Waals surface area contributed by atoms with E-state index < -0.39 is 0 Å². The summed E-state index contributed by atoms with van der Waals surface area (Å²) in [5, 5.41) is 0.862. The Labute approximate surface area is 171 Å². The van der Waals surface area contributed by atoms with Gasteiger partial charge in [0.25, 0.3) is 11.8 Å². The molecule has 0 atom stereocenters. The number of imide groups is 1. The SMILES string of the molecule is O=C1c2ccccc2C(=O)N1CCCCCCCCCCSc1ncccn1. The summed E-state index contributed by atoms with van der Waals surface area (Å²) in [5.41, 5.74) is 1.09. The van der Waals surface area contributed by atoms with Gasteiger partial charge >= 0.3 is 0 Å². The summed E-state index contributed by atoms with van der Waals surface area (Å²) in [6, 6.07) is 8.93. The highest BCUT2D eigenvalue weighted by Crippen LogP contribution is 2.23. The van der Waals surface area contributed by atoms with Crippen LogP contribution in [0.3, 0.4) is 0 Å². The highest BCUT2D eigenvalue weighted by atomic mass is 32.2. The van der Waals surface area contributed by atoms with Gasteiger partial charge in [-0.2, -0.15) is 0 Å². The smallest absolute Gasteiger partial charge is 0.261 e. The summed E-state index contributed by atoms with van der Waals surface area (Å²) in [6.07, 6.45) is 12.8. The van der Waals surface area contributed by atoms with Gasteiger partial charge in [-0.3, -0.25) is 14.5 Å². The Balaban J connectivity index is 1.18. The molecular formula is C22H27N3O2S. The highest BCUT2D eigenvalue weighted by molar-refractivity contribution is 7.99. The summed E-state index contributed by atoms with van der Waals surface area (Å²) < 4.78 is 0. The minimum absolute atomic E-state index is 0.139. The summed E-state index contributed by atoms with van der Waals surface area (Å²) >= 11 is 1.72. The number of amides is 2. The monoisotopic (exact) mass is 397 g/mol. The molecule has 1 aromatic carbocycles. The van der Waals surface area contributed by atoms with E-state index in [9.17, 15) is 9.59 Å². The first-order chi connectivity index (χ1) is 13.8. The molecule has 0 saturated carbocycles. The van der Waals surface area contributed by atoms with Crippen LogP contribution >= 0.6 is 11.8 Å². The summed E-state index contributed by atoms with van der Waals surface area (Å²) in [5.74, 6) is 0.795. The molecule has 0 N–H and O–H groups in total. The van der Waals surface area contributed by atoms with E-state index in [1.54, 1.807) is 36.3 Å². The Morgan fingerprint density at radius 2 is 1.25 bits per heavy atom. The maximum atomic E-state index is 12.3. The number of benzene rings is 1. The van der Waals surface area contributed by atoms with E-state index >= 15 is 0 Å². The molecule has 148 valence electrons. The molecule has 0 radical (unpaired) electrons. The number of nitrogens with zero attached hydrogens (tertiary/aromatic N) is 3. The zero-order valence-electron chi connectivity index (χ0n) is 16.2. The van der Waals surface area contributed by atoms with Crippen LogP contribution < -0.4 is 0 Å². The molecule has 0 fully saturated rings. The molecule has 1 aliphatic rings. The zero-order chi connectivity index (χ0) is 19.6. The topological polar surface area (TPSA) is 63.2 Å². The molecule has 0 bridgehead atoms. The van der Waals surface area contributed by atoms with Gasteiger partial charge in [0.05, 0.1) is 11.1 Å². The normalized spacial score (nSPS) is 13.2. The molecule has 1 aliphatic heterocycles. The Morgan fingerprint density at radius 3 is 1.86 bits per heavy atom. The average Bonchev–Trinajstić information content (AvgIpc) is 2.97. The predicted molar refractivity (Wildman–Crippen MR) is 112 cm³/mol. The third-order valence-corrected chi connectivity index (χ3v) is 5.89. The van der Waals surface area contributed by atoms with Crippen molar-refractivity contribution in [1.29, 1.82) is 0 Å². The van der Waals surface area contributed by atoms with Crippen LogP contribution in [0.2, 0.25) is 0 Å². The van der Waals surface area contributed by atoms with Gasteiger partial charge < -0.3 is 0 Å². The predicted octanol–water partition coefficient (Wildman–Crippen LogP) is 4.99. The minimum atomic E-state index is -0.139. The van der Waals surface area contributed by atoms with Gasteiger partial charge in [0.2, 0.25) is 0 Å². The molecule has 0 unspecified atom stereocenters. The van der Waals surface area contributed by atoms with Gasteiger partial charge in [-0.1, -0.05) is 62.4 Å². The van der Waals surface area contributed by atoms with E-state index in [0.717, 1.165) is 30.2 Å². The van der Waals surface area contributed by atoms with Crippen molar-refractivity contribution in [2.45, 2.75) is 56.5 Å². The van der Waals surface area contributed by atoms with E-state index in [4.69, 9.17) is 0 Å². The van der Waals surface area contributed by atoms with Crippen LogP contribution in [-0.2, 0) is 0 Å². The standard InChI is InChI=1S/C22H27N3O2S/c26-20-18-12-7-8-13-19(18)21(27)25(20)16-9-5-3-1-2-4-6-10-17-28-22-23-14-11-15-24-22/h7-8,11-15H,1-6,9-10,16-17H2. The molecule has 0 aliphatic carbocycles. The third kappa shape index (κ3) is 5.64. The van der Waals surface area contributed by atoms with Gasteiger partial charge in [0.15, 0.2) is 5.16 Å². The third-order valence-electron chi connectivity index (χ3n) is 4.93. The number of carbonyl (C=O) groups excluding carboxylic acids is 2. The lowest BCUT2D eigenvalue weighted by atomic mass is 10.1. The maximum Gasteiger partial charge on any atom is 0.261 e. The van der Waals surface area contributed by atoms with Gasteiger partial charge in [0.1, 0.15) is 0 Å². The van der Waals surface area contributed by atoms with Crippen LogP contribution in [0.5, 0.6) is 0 Å². The Hall–Kier alpha value is -2.21. The van der Waals surface area contributed by atoms with Crippen molar-refractivity contribution >= 4 is 23.6 Å². The molecule has 2 heterocycles. The number of thioether (sulfide) groups is 1. The molecule has 2 aromatic rings. The lowest BCUT2D eigenvalue weighted by Gasteiger charge is -2.13. The fourth-order valence-corrected chi connectivity index (χ4v) is 4.20. The van der Waals surface area contributed by atoms with Crippen molar-refractivity contribution in [3.63, 3.8) is 0 Å². The minimum Gasteiger partial charge on any atom is -0.274 e. The van der Waals surface area contributed by atoms with Gasteiger partial charge in [-0.15, -0.1) is 0 Å². The molecule has 1 aromatic heterocycles. The van der Waals surface area contributed by atoms with Crippen LogP contribution in [0.1, 0.15) is 72.1 Å². The number of carbonyl (C=O) groups is 2. The zero-order valence-corrected chi connectivity index (χ0v) is 17.0. The Kier molecular flexibility index (Phi) is 8.03. The largest absolute Gasteiger partial charge is 0.274 e. The second-order valence-electron chi connectivity index (χ2n) is 7.02. The van der Waals surface area contributed by atoms with E-state index in [0.29, 0.717) is 17.7 Å². The summed E-state index contributed by atoms with van der Waals surface area (Å²) in [4.78, 5) is 34.4. The van der Waals surface area contributed by atoms with Crippen LogP contribution in [-0.4, -0.2) is 39.0 Å². The number of rotatable bonds is 12. The Morgan fingerprint density at radius 1 is 0.714 bits per heavy atom. The lowest BCUT2D eigenvalue weighted by Crippen LogP contribution is -2.30. The second kappa shape index (κ2) is 11.0. The second-order valence-corrected chi connectivity index (χ2v) is 8.08. The highest BCUT2D eigenvalue weighted by Gasteiger charge is 2.34. The van der Waals surface area contributed by atoms with Crippen molar-refractivity contribution in [3.05, 3.63) is 53.9 Å². The van der Waals surface area contributed by atoms with Crippen molar-refractivity contribution < 1.29 is 9.59 Å². The van der Waals surface area contributed by atoms with Gasteiger partial charge in [-0.05, 0) is 31.0 Å². The fraction of sp³-hybridized carbons (Fsp3) is 0.455. The molecule has 28 heavy (non-hydrogen) atoms. The molecule has 6 heteroatoms. The van der Waals surface area contributed by atoms with E-state index in [1.807, 2.05) is 18.2 Å². The maximum absolute atomic E-state index is 12.3. The van der Waals surface area contributed by atoms with Crippen molar-refractivity contribution in [2.75, 3.05) is 12.3 Å². The van der Waals surface area contributed by atoms with Crippen molar-refractivity contribution in [2.24, 2.45) is 0 Å². The average molecular weight is 398 g/mol. The number of hydrogen-bond acceptors (Lipinski definition) is 5. The number of fused-ring (bicyclic) bond motifs is 1. The quantitative estimate of drug-likeness (QED) is 0.219. The molecular weight excluding hydrogens is 370 g/mol. The summed E-state index contributed by atoms with van der Waals surface area (Å²) in [6.45, 7) is 0.533. The van der Waals surface area contributed by atoms with E-state index in [-0.39, 0.29) is 11.8 Å². The number of unbranched alkanes of at least 4 members (excludes halogenated alkanes) is 7. The molecule has 0 saturated heterocycles.